The van der Waals surface area contributed by atoms with Crippen LogP contribution in [0.2, 0.25) is 0 Å². The zero-order valence-electron chi connectivity index (χ0n) is 16.7. The lowest BCUT2D eigenvalue weighted by atomic mass is 10.2. The summed E-state index contributed by atoms with van der Waals surface area (Å²) in [7, 11) is 3.29. The summed E-state index contributed by atoms with van der Waals surface area (Å²) in [6, 6.07) is 15.9. The number of rotatable bonds is 10. The molecule has 0 aliphatic heterocycles. The molecule has 0 heterocycles. The average Bonchev–Trinajstić information content (AvgIpc) is 2.72. The summed E-state index contributed by atoms with van der Waals surface area (Å²) in [6.07, 6.45) is 0. The second kappa shape index (κ2) is 14.1. The fourth-order valence-electron chi connectivity index (χ4n) is 2.49. The predicted octanol–water partition coefficient (Wildman–Crippen LogP) is 3.59. The van der Waals surface area contributed by atoms with Crippen molar-refractivity contribution in [2.75, 3.05) is 33.9 Å². The van der Waals surface area contributed by atoms with E-state index in [0.29, 0.717) is 26.3 Å². The Morgan fingerprint density at radius 2 is 1.79 bits per heavy atom. The van der Waals surface area contributed by atoms with Crippen LogP contribution in [-0.4, -0.2) is 39.9 Å². The van der Waals surface area contributed by atoms with Crippen LogP contribution in [0.4, 0.5) is 0 Å². The number of hydrogen-bond donors (Lipinski definition) is 2. The number of nitrogens with zero attached hydrogens (tertiary/aromatic N) is 1. The number of hydrogen-bond acceptors (Lipinski definition) is 4. The van der Waals surface area contributed by atoms with E-state index < -0.39 is 0 Å². The number of methoxy groups -OCH3 is 2. The highest BCUT2D eigenvalue weighted by Crippen LogP contribution is 2.25. The van der Waals surface area contributed by atoms with Gasteiger partial charge in [-0.25, -0.2) is 4.99 Å². The van der Waals surface area contributed by atoms with Gasteiger partial charge in [-0.15, -0.1) is 24.0 Å². The molecule has 0 aliphatic rings. The van der Waals surface area contributed by atoms with Gasteiger partial charge in [-0.05, 0) is 24.6 Å². The highest BCUT2D eigenvalue weighted by molar-refractivity contribution is 14.0. The van der Waals surface area contributed by atoms with Crippen molar-refractivity contribution in [1.29, 1.82) is 0 Å². The summed E-state index contributed by atoms with van der Waals surface area (Å²) >= 11 is 0. The van der Waals surface area contributed by atoms with Gasteiger partial charge in [-0.3, -0.25) is 0 Å². The molecule has 0 atom stereocenters. The molecule has 2 aromatic rings. The Labute approximate surface area is 184 Å². The van der Waals surface area contributed by atoms with E-state index in [2.05, 4.69) is 27.8 Å². The molecule has 2 rings (SSSR count). The van der Waals surface area contributed by atoms with Gasteiger partial charge in [0.15, 0.2) is 5.96 Å². The van der Waals surface area contributed by atoms with Gasteiger partial charge in [0.2, 0.25) is 0 Å². The van der Waals surface area contributed by atoms with Crippen LogP contribution in [-0.2, 0) is 17.9 Å². The minimum absolute atomic E-state index is 0. The number of benzene rings is 2. The first-order valence-electron chi connectivity index (χ1n) is 9.11. The van der Waals surface area contributed by atoms with Crippen molar-refractivity contribution in [3.63, 3.8) is 0 Å². The van der Waals surface area contributed by atoms with Crippen molar-refractivity contribution in [1.82, 2.24) is 10.6 Å². The molecule has 154 valence electrons. The molecule has 0 saturated carbocycles. The minimum atomic E-state index is 0. The van der Waals surface area contributed by atoms with Gasteiger partial charge < -0.3 is 24.8 Å². The van der Waals surface area contributed by atoms with Crippen LogP contribution in [0.15, 0.2) is 53.5 Å². The first kappa shape index (κ1) is 24.0. The Balaban J connectivity index is 0.00000392. The van der Waals surface area contributed by atoms with Gasteiger partial charge in [0, 0.05) is 24.7 Å². The van der Waals surface area contributed by atoms with E-state index in [-0.39, 0.29) is 24.0 Å². The fourth-order valence-corrected chi connectivity index (χ4v) is 2.49. The third-order valence-electron chi connectivity index (χ3n) is 3.90. The average molecular weight is 499 g/mol. The summed E-state index contributed by atoms with van der Waals surface area (Å²) in [4.78, 5) is 4.62. The molecule has 7 heteroatoms. The van der Waals surface area contributed by atoms with Gasteiger partial charge in [-0.2, -0.15) is 0 Å². The predicted molar refractivity (Wildman–Crippen MR) is 124 cm³/mol. The summed E-state index contributed by atoms with van der Waals surface area (Å²) in [6.45, 7) is 5.23. The Bertz CT molecular complexity index is 711. The van der Waals surface area contributed by atoms with Crippen molar-refractivity contribution >= 4 is 29.9 Å². The fraction of sp³-hybridized carbons (Fsp3) is 0.381. The van der Waals surface area contributed by atoms with Gasteiger partial charge >= 0.3 is 0 Å². The van der Waals surface area contributed by atoms with Crippen molar-refractivity contribution < 1.29 is 14.2 Å². The number of nitrogens with one attached hydrogen (secondary N) is 2. The van der Waals surface area contributed by atoms with E-state index in [9.17, 15) is 0 Å². The van der Waals surface area contributed by atoms with Crippen molar-refractivity contribution in [3.05, 3.63) is 59.7 Å². The Kier molecular flexibility index (Phi) is 12.1. The lowest BCUT2D eigenvalue weighted by Gasteiger charge is -2.13. The number of guanidine groups is 1. The zero-order valence-corrected chi connectivity index (χ0v) is 19.1. The minimum Gasteiger partial charge on any atom is -0.497 e. The molecule has 2 N–H and O–H groups in total. The van der Waals surface area contributed by atoms with E-state index in [1.807, 2.05) is 43.3 Å². The molecular formula is C21H30IN3O3. The summed E-state index contributed by atoms with van der Waals surface area (Å²) in [5.41, 5.74) is 2.17. The maximum Gasteiger partial charge on any atom is 0.191 e. The van der Waals surface area contributed by atoms with Crippen LogP contribution in [0.3, 0.4) is 0 Å². The van der Waals surface area contributed by atoms with Gasteiger partial charge in [0.1, 0.15) is 11.5 Å². The second-order valence-corrected chi connectivity index (χ2v) is 5.84. The third-order valence-corrected chi connectivity index (χ3v) is 3.90. The van der Waals surface area contributed by atoms with E-state index >= 15 is 0 Å². The maximum atomic E-state index is 5.69. The van der Waals surface area contributed by atoms with Crippen LogP contribution < -0.4 is 20.1 Å². The Morgan fingerprint density at radius 3 is 2.46 bits per heavy atom. The van der Waals surface area contributed by atoms with Gasteiger partial charge in [0.05, 0.1) is 34.0 Å². The summed E-state index contributed by atoms with van der Waals surface area (Å²) in [5.74, 6) is 2.28. The molecule has 0 radical (unpaired) electrons. The summed E-state index contributed by atoms with van der Waals surface area (Å²) in [5, 5.41) is 6.52. The number of ether oxygens (including phenoxy) is 3. The molecule has 0 bridgehead atoms. The van der Waals surface area contributed by atoms with E-state index in [1.165, 1.54) is 5.56 Å². The molecule has 6 nitrogen and oxygen atoms in total. The van der Waals surface area contributed by atoms with Crippen LogP contribution >= 0.6 is 24.0 Å². The lowest BCUT2D eigenvalue weighted by molar-refractivity contribution is 0.125. The number of halogens is 1. The van der Waals surface area contributed by atoms with Crippen LogP contribution in [0.5, 0.6) is 11.5 Å². The normalized spacial score (nSPS) is 10.8. The molecule has 0 unspecified atom stereocenters. The van der Waals surface area contributed by atoms with E-state index in [4.69, 9.17) is 14.2 Å². The standard InChI is InChI=1S/C21H29N3O3.HI/c1-4-22-21(23-12-13-27-16-17-8-6-5-7-9-17)24-15-18-10-11-19(25-2)14-20(18)26-3;/h5-11,14H,4,12-13,15-16H2,1-3H3,(H2,22,23,24);1H. The third kappa shape index (κ3) is 8.35. The molecule has 0 spiro atoms. The topological polar surface area (TPSA) is 64.1 Å². The smallest absolute Gasteiger partial charge is 0.191 e. The zero-order chi connectivity index (χ0) is 19.3. The van der Waals surface area contributed by atoms with E-state index in [1.54, 1.807) is 14.2 Å². The Hall–Kier alpha value is -2.00. The van der Waals surface area contributed by atoms with Crippen LogP contribution in [0.1, 0.15) is 18.1 Å². The highest BCUT2D eigenvalue weighted by atomic mass is 127. The summed E-state index contributed by atoms with van der Waals surface area (Å²) < 4.78 is 16.3. The second-order valence-electron chi connectivity index (χ2n) is 5.84. The van der Waals surface area contributed by atoms with Gasteiger partial charge in [-0.1, -0.05) is 30.3 Å². The molecule has 0 fully saturated rings. The Morgan fingerprint density at radius 1 is 1.00 bits per heavy atom. The molecule has 0 saturated heterocycles. The van der Waals surface area contributed by atoms with Crippen LogP contribution in [0, 0.1) is 0 Å². The van der Waals surface area contributed by atoms with E-state index in [0.717, 1.165) is 29.6 Å². The quantitative estimate of drug-likeness (QED) is 0.227. The molecule has 0 aliphatic carbocycles. The highest BCUT2D eigenvalue weighted by Gasteiger charge is 2.05. The van der Waals surface area contributed by atoms with Gasteiger partial charge in [0.25, 0.3) is 0 Å². The monoisotopic (exact) mass is 499 g/mol. The van der Waals surface area contributed by atoms with Crippen molar-refractivity contribution in [2.45, 2.75) is 20.1 Å². The first-order chi connectivity index (χ1) is 13.3. The molecule has 28 heavy (non-hydrogen) atoms. The molecule has 2 aromatic carbocycles. The SMILES string of the molecule is CCNC(=NCc1ccc(OC)cc1OC)NCCOCc1ccccc1.I. The molecule has 0 aromatic heterocycles. The van der Waals surface area contributed by atoms with Crippen molar-refractivity contribution in [3.8, 4) is 11.5 Å². The first-order valence-corrected chi connectivity index (χ1v) is 9.11. The maximum absolute atomic E-state index is 5.69. The largest absolute Gasteiger partial charge is 0.497 e. The number of aliphatic imine (C=N–C) groups is 1. The van der Waals surface area contributed by atoms with Crippen LogP contribution in [0.25, 0.3) is 0 Å². The molecule has 0 amide bonds. The lowest BCUT2D eigenvalue weighted by Crippen LogP contribution is -2.39. The molecular weight excluding hydrogens is 469 g/mol. The van der Waals surface area contributed by atoms with Crippen molar-refractivity contribution in [2.24, 2.45) is 4.99 Å².